The van der Waals surface area contributed by atoms with E-state index < -0.39 is 17.6 Å². The topological polar surface area (TPSA) is 59.8 Å². The molecule has 2 aromatic heterocycles. The third-order valence-corrected chi connectivity index (χ3v) is 3.94. The average molecular weight is 362 g/mol. The Morgan fingerprint density at radius 2 is 1.81 bits per heavy atom. The summed E-state index contributed by atoms with van der Waals surface area (Å²) in [7, 11) is 0. The zero-order valence-electron chi connectivity index (χ0n) is 14.5. The van der Waals surface area contributed by atoms with Gasteiger partial charge in [-0.05, 0) is 39.0 Å². The molecule has 0 spiro atoms. The molecule has 1 amide bonds. The first kappa shape index (κ1) is 17.9. The van der Waals surface area contributed by atoms with E-state index in [1.807, 2.05) is 19.1 Å². The van der Waals surface area contributed by atoms with E-state index in [-0.39, 0.29) is 29.0 Å². The van der Waals surface area contributed by atoms with E-state index in [4.69, 9.17) is 0 Å². The number of carbonyl (C=O) groups is 1. The number of nitrogens with zero attached hydrogens (tertiary/aromatic N) is 3. The summed E-state index contributed by atoms with van der Waals surface area (Å²) >= 11 is 0. The van der Waals surface area contributed by atoms with E-state index in [2.05, 4.69) is 15.4 Å². The lowest BCUT2D eigenvalue weighted by Crippen LogP contribution is -2.20. The molecule has 0 radical (unpaired) electrons. The highest BCUT2D eigenvalue weighted by Crippen LogP contribution is 2.36. The number of aryl methyl sites for hydroxylation is 3. The van der Waals surface area contributed by atoms with Crippen LogP contribution in [0.1, 0.15) is 22.5 Å². The first-order chi connectivity index (χ1) is 12.1. The monoisotopic (exact) mass is 362 g/mol. The lowest BCUT2D eigenvalue weighted by atomic mass is 10.1. The normalized spacial score (nSPS) is 11.8. The lowest BCUT2D eigenvalue weighted by molar-refractivity contribution is -0.136. The lowest BCUT2D eigenvalue weighted by Gasteiger charge is -2.10. The van der Waals surface area contributed by atoms with Gasteiger partial charge < -0.3 is 5.32 Å². The molecule has 0 aliphatic rings. The minimum Gasteiger partial charge on any atom is -0.324 e. The van der Waals surface area contributed by atoms with Gasteiger partial charge in [-0.25, -0.2) is 9.67 Å². The quantitative estimate of drug-likeness (QED) is 0.766. The van der Waals surface area contributed by atoms with Gasteiger partial charge in [0, 0.05) is 11.4 Å². The van der Waals surface area contributed by atoms with Gasteiger partial charge in [0.25, 0.3) is 0 Å². The van der Waals surface area contributed by atoms with E-state index in [1.165, 1.54) is 18.5 Å². The van der Waals surface area contributed by atoms with Crippen LogP contribution >= 0.6 is 0 Å². The second-order valence-corrected chi connectivity index (χ2v) is 6.16. The van der Waals surface area contributed by atoms with Crippen molar-refractivity contribution in [2.24, 2.45) is 0 Å². The van der Waals surface area contributed by atoms with Crippen LogP contribution in [-0.4, -0.2) is 20.7 Å². The minimum absolute atomic E-state index is 0.0499. The number of pyridine rings is 1. The maximum absolute atomic E-state index is 13.3. The smallest absolute Gasteiger partial charge is 0.324 e. The Bertz CT molecular complexity index is 975. The van der Waals surface area contributed by atoms with Gasteiger partial charge in [0.2, 0.25) is 5.91 Å². The summed E-state index contributed by atoms with van der Waals surface area (Å²) < 4.78 is 41.2. The molecule has 136 valence electrons. The van der Waals surface area contributed by atoms with Gasteiger partial charge in [0.15, 0.2) is 5.65 Å². The molecule has 0 aliphatic heterocycles. The van der Waals surface area contributed by atoms with E-state index in [0.29, 0.717) is 5.69 Å². The number of halogens is 3. The van der Waals surface area contributed by atoms with Gasteiger partial charge >= 0.3 is 6.18 Å². The van der Waals surface area contributed by atoms with Crippen LogP contribution in [0, 0.1) is 20.8 Å². The predicted octanol–water partition coefficient (Wildman–Crippen LogP) is 4.01. The highest BCUT2D eigenvalue weighted by molar-refractivity contribution is 5.92. The minimum atomic E-state index is -4.52. The van der Waals surface area contributed by atoms with E-state index in [0.717, 1.165) is 11.6 Å². The molecule has 26 heavy (non-hydrogen) atoms. The van der Waals surface area contributed by atoms with Crippen molar-refractivity contribution in [2.75, 3.05) is 5.32 Å². The molecule has 0 aliphatic carbocycles. The van der Waals surface area contributed by atoms with E-state index >= 15 is 0 Å². The molecule has 8 heteroatoms. The van der Waals surface area contributed by atoms with Gasteiger partial charge in [-0.3, -0.25) is 4.79 Å². The number of nitrogens with one attached hydrogen (secondary N) is 1. The van der Waals surface area contributed by atoms with Gasteiger partial charge in [-0.15, -0.1) is 0 Å². The number of alkyl halides is 3. The Balaban J connectivity index is 1.94. The van der Waals surface area contributed by atoms with Crippen molar-refractivity contribution in [1.29, 1.82) is 0 Å². The number of carbonyl (C=O) groups excluding carboxylic acids is 1. The van der Waals surface area contributed by atoms with Crippen molar-refractivity contribution < 1.29 is 18.0 Å². The van der Waals surface area contributed by atoms with Crippen molar-refractivity contribution in [1.82, 2.24) is 14.8 Å². The zero-order chi connectivity index (χ0) is 19.1. The predicted molar refractivity (Wildman–Crippen MR) is 91.8 cm³/mol. The average Bonchev–Trinajstić information content (AvgIpc) is 2.83. The summed E-state index contributed by atoms with van der Waals surface area (Å²) in [5.74, 6) is -0.393. The molecule has 1 N–H and O–H groups in total. The van der Waals surface area contributed by atoms with Gasteiger partial charge in [-0.1, -0.05) is 17.7 Å². The first-order valence-electron chi connectivity index (χ1n) is 7.93. The molecule has 1 aromatic carbocycles. The van der Waals surface area contributed by atoms with Crippen LogP contribution in [0.15, 0.2) is 30.3 Å². The number of rotatable bonds is 3. The maximum Gasteiger partial charge on any atom is 0.417 e. The fraction of sp³-hybridized carbons (Fsp3) is 0.278. The Labute approximate surface area is 147 Å². The van der Waals surface area contributed by atoms with Crippen LogP contribution in [0.25, 0.3) is 11.0 Å². The fourth-order valence-electron chi connectivity index (χ4n) is 2.79. The van der Waals surface area contributed by atoms with Crippen molar-refractivity contribution >= 4 is 22.6 Å². The second kappa shape index (κ2) is 6.44. The molecular formula is C18H17F3N4O. The number of aromatic nitrogens is 3. The third kappa shape index (κ3) is 3.54. The largest absolute Gasteiger partial charge is 0.417 e. The van der Waals surface area contributed by atoms with Gasteiger partial charge in [0.1, 0.15) is 6.54 Å². The van der Waals surface area contributed by atoms with Crippen LogP contribution in [0.4, 0.5) is 18.9 Å². The highest BCUT2D eigenvalue weighted by Gasteiger charge is 2.35. The first-order valence-corrected chi connectivity index (χ1v) is 7.93. The molecular weight excluding hydrogens is 345 g/mol. The Morgan fingerprint density at radius 3 is 2.42 bits per heavy atom. The van der Waals surface area contributed by atoms with E-state index in [1.54, 1.807) is 12.1 Å². The molecule has 3 aromatic rings. The summed E-state index contributed by atoms with van der Waals surface area (Å²) in [5.41, 5.74) is 1.31. The number of amides is 1. The fourth-order valence-corrected chi connectivity index (χ4v) is 2.79. The zero-order valence-corrected chi connectivity index (χ0v) is 14.5. The van der Waals surface area contributed by atoms with Gasteiger partial charge in [-0.2, -0.15) is 18.3 Å². The van der Waals surface area contributed by atoms with Crippen LogP contribution in [0.3, 0.4) is 0 Å². The molecule has 3 rings (SSSR count). The third-order valence-electron chi connectivity index (χ3n) is 3.94. The number of benzene rings is 1. The van der Waals surface area contributed by atoms with Crippen LogP contribution < -0.4 is 5.32 Å². The van der Waals surface area contributed by atoms with Crippen molar-refractivity contribution in [3.63, 3.8) is 0 Å². The Morgan fingerprint density at radius 1 is 1.15 bits per heavy atom. The molecule has 2 heterocycles. The molecule has 0 saturated carbocycles. The number of hydrogen-bond acceptors (Lipinski definition) is 3. The summed E-state index contributed by atoms with van der Waals surface area (Å²) in [6.45, 7) is 4.65. The summed E-state index contributed by atoms with van der Waals surface area (Å²) in [6.07, 6.45) is -4.52. The van der Waals surface area contributed by atoms with Crippen LogP contribution in [0.5, 0.6) is 0 Å². The molecule has 0 fully saturated rings. The number of fused-ring (bicyclic) bond motifs is 1. The van der Waals surface area contributed by atoms with Crippen molar-refractivity contribution in [2.45, 2.75) is 33.5 Å². The van der Waals surface area contributed by atoms with E-state index in [9.17, 15) is 18.0 Å². The SMILES string of the molecule is Cc1ccc(NC(=O)Cn2nc(C)c3c(C(F)(F)F)cc(C)nc32)cc1. The second-order valence-electron chi connectivity index (χ2n) is 6.16. The van der Waals surface area contributed by atoms with Crippen LogP contribution in [-0.2, 0) is 17.5 Å². The number of hydrogen-bond donors (Lipinski definition) is 1. The highest BCUT2D eigenvalue weighted by atomic mass is 19.4. The molecule has 5 nitrogen and oxygen atoms in total. The Hall–Kier alpha value is -2.90. The van der Waals surface area contributed by atoms with Gasteiger partial charge in [0.05, 0.1) is 16.6 Å². The summed E-state index contributed by atoms with van der Waals surface area (Å²) in [5, 5.41) is 6.72. The molecule has 0 unspecified atom stereocenters. The standard InChI is InChI=1S/C18H17F3N4O/c1-10-4-6-13(7-5-10)23-15(26)9-25-17-16(12(3)24-25)14(18(19,20)21)8-11(2)22-17/h4-8H,9H2,1-3H3,(H,23,26). The number of anilines is 1. The molecule has 0 saturated heterocycles. The summed E-state index contributed by atoms with van der Waals surface area (Å²) in [4.78, 5) is 16.4. The van der Waals surface area contributed by atoms with Crippen LogP contribution in [0.2, 0.25) is 0 Å². The molecule has 0 bridgehead atoms. The van der Waals surface area contributed by atoms with Crippen molar-refractivity contribution in [3.05, 3.63) is 52.8 Å². The summed E-state index contributed by atoms with van der Waals surface area (Å²) in [6, 6.07) is 8.20. The molecule has 0 atom stereocenters. The van der Waals surface area contributed by atoms with Crippen molar-refractivity contribution in [3.8, 4) is 0 Å². The Kier molecular flexibility index (Phi) is 4.43. The maximum atomic E-state index is 13.3.